The van der Waals surface area contributed by atoms with E-state index < -0.39 is 23.7 Å². The number of amides is 1. The number of nitrogens with one attached hydrogen (secondary N) is 1. The summed E-state index contributed by atoms with van der Waals surface area (Å²) in [5, 5.41) is 3.44. The van der Waals surface area contributed by atoms with Crippen molar-refractivity contribution in [3.05, 3.63) is 101 Å². The van der Waals surface area contributed by atoms with Gasteiger partial charge < -0.3 is 14.9 Å². The molecule has 0 aliphatic rings. The molecule has 0 bridgehead atoms. The van der Waals surface area contributed by atoms with E-state index >= 15 is 0 Å². The van der Waals surface area contributed by atoms with Crippen LogP contribution in [0.1, 0.15) is 32.6 Å². The van der Waals surface area contributed by atoms with Gasteiger partial charge in [-0.3, -0.25) is 9.78 Å². The molecule has 3 aromatic carbocycles. The standard InChI is InChI=1S/C28H26F3N3O3/c1-17-10-11-19(18(2)12-17)13-21(16-36-32)34-27(35)26-23-8-3-4-9-24(23)33-15-25(26)37-22-7-5-6-20(14-22)28(29,30)31/h3-12,14-15,21H,13,16,32H2,1-2H3,(H,34,35)/t21-/m1/s1. The van der Waals surface area contributed by atoms with Crippen molar-refractivity contribution in [1.29, 1.82) is 0 Å². The van der Waals surface area contributed by atoms with Gasteiger partial charge in [0.1, 0.15) is 5.75 Å². The second-order valence-corrected chi connectivity index (χ2v) is 8.78. The number of nitrogens with zero attached hydrogens (tertiary/aromatic N) is 1. The van der Waals surface area contributed by atoms with Gasteiger partial charge in [-0.05, 0) is 55.7 Å². The number of para-hydroxylation sites is 1. The number of pyridine rings is 1. The van der Waals surface area contributed by atoms with Crippen molar-refractivity contribution < 1.29 is 27.5 Å². The first-order valence-electron chi connectivity index (χ1n) is 11.6. The van der Waals surface area contributed by atoms with E-state index in [1.807, 2.05) is 26.0 Å². The topological polar surface area (TPSA) is 86.5 Å². The number of alkyl halides is 3. The smallest absolute Gasteiger partial charge is 0.416 e. The Hall–Kier alpha value is -3.95. The number of hydrogen-bond acceptors (Lipinski definition) is 5. The molecular weight excluding hydrogens is 483 g/mol. The summed E-state index contributed by atoms with van der Waals surface area (Å²) < 4.78 is 45.4. The van der Waals surface area contributed by atoms with Gasteiger partial charge in [-0.25, -0.2) is 5.90 Å². The third-order valence-electron chi connectivity index (χ3n) is 5.95. The van der Waals surface area contributed by atoms with Crippen LogP contribution < -0.4 is 16.0 Å². The lowest BCUT2D eigenvalue weighted by Gasteiger charge is -2.21. The van der Waals surface area contributed by atoms with Crippen molar-refractivity contribution >= 4 is 16.8 Å². The van der Waals surface area contributed by atoms with Gasteiger partial charge in [0.2, 0.25) is 0 Å². The van der Waals surface area contributed by atoms with Crippen LogP contribution in [0.3, 0.4) is 0 Å². The zero-order chi connectivity index (χ0) is 26.6. The van der Waals surface area contributed by atoms with Gasteiger partial charge >= 0.3 is 6.18 Å². The van der Waals surface area contributed by atoms with Gasteiger partial charge in [-0.2, -0.15) is 13.2 Å². The maximum absolute atomic E-state index is 13.6. The molecule has 6 nitrogen and oxygen atoms in total. The van der Waals surface area contributed by atoms with Crippen LogP contribution in [0.25, 0.3) is 10.9 Å². The van der Waals surface area contributed by atoms with Gasteiger partial charge in [0, 0.05) is 5.39 Å². The van der Waals surface area contributed by atoms with E-state index in [4.69, 9.17) is 15.5 Å². The fourth-order valence-corrected chi connectivity index (χ4v) is 4.16. The van der Waals surface area contributed by atoms with Crippen LogP contribution in [-0.2, 0) is 17.4 Å². The molecule has 0 aliphatic heterocycles. The Kier molecular flexibility index (Phi) is 7.75. The van der Waals surface area contributed by atoms with E-state index in [0.29, 0.717) is 17.3 Å². The quantitative estimate of drug-likeness (QED) is 0.289. The van der Waals surface area contributed by atoms with Crippen molar-refractivity contribution in [3.8, 4) is 11.5 Å². The van der Waals surface area contributed by atoms with Crippen molar-refractivity contribution in [2.75, 3.05) is 6.61 Å². The molecule has 9 heteroatoms. The van der Waals surface area contributed by atoms with E-state index in [0.717, 1.165) is 28.8 Å². The average Bonchev–Trinajstić information content (AvgIpc) is 2.85. The van der Waals surface area contributed by atoms with E-state index in [2.05, 4.69) is 16.4 Å². The number of aryl methyl sites for hydroxylation is 2. The number of benzene rings is 3. The lowest BCUT2D eigenvalue weighted by Crippen LogP contribution is -2.40. The van der Waals surface area contributed by atoms with Crippen LogP contribution in [0.2, 0.25) is 0 Å². The zero-order valence-corrected chi connectivity index (χ0v) is 20.3. The molecular formula is C28H26F3N3O3. The summed E-state index contributed by atoms with van der Waals surface area (Å²) in [6, 6.07) is 17.0. The summed E-state index contributed by atoms with van der Waals surface area (Å²) >= 11 is 0. The number of hydrogen-bond donors (Lipinski definition) is 2. The van der Waals surface area contributed by atoms with E-state index in [1.165, 1.54) is 18.3 Å². The molecule has 1 heterocycles. The highest BCUT2D eigenvalue weighted by atomic mass is 19.4. The number of halogens is 3. The SMILES string of the molecule is Cc1ccc(C[C@H](CON)NC(=O)c2c(Oc3cccc(C(F)(F)F)c3)cnc3ccccc23)c(C)c1. The fourth-order valence-electron chi connectivity index (χ4n) is 4.16. The minimum atomic E-state index is -4.54. The predicted molar refractivity (Wildman–Crippen MR) is 134 cm³/mol. The molecule has 0 fully saturated rings. The molecule has 0 aliphatic carbocycles. The highest BCUT2D eigenvalue weighted by Crippen LogP contribution is 2.35. The van der Waals surface area contributed by atoms with Crippen LogP contribution in [0.4, 0.5) is 13.2 Å². The number of rotatable bonds is 8. The molecule has 0 spiro atoms. The molecule has 0 unspecified atom stereocenters. The van der Waals surface area contributed by atoms with Gasteiger partial charge in [0.15, 0.2) is 5.75 Å². The summed E-state index contributed by atoms with van der Waals surface area (Å²) in [7, 11) is 0. The number of nitrogens with two attached hydrogens (primary N) is 1. The maximum Gasteiger partial charge on any atom is 0.416 e. The predicted octanol–water partition coefficient (Wildman–Crippen LogP) is 5.89. The molecule has 4 rings (SSSR count). The molecule has 1 amide bonds. The van der Waals surface area contributed by atoms with Gasteiger partial charge in [-0.1, -0.05) is 48.0 Å². The molecule has 4 aromatic rings. The number of carbonyl (C=O) groups excluding carboxylic acids is 1. The van der Waals surface area contributed by atoms with Crippen LogP contribution in [-0.4, -0.2) is 23.5 Å². The van der Waals surface area contributed by atoms with Crippen LogP contribution in [0.5, 0.6) is 11.5 Å². The third-order valence-corrected chi connectivity index (χ3v) is 5.95. The van der Waals surface area contributed by atoms with Gasteiger partial charge in [0.25, 0.3) is 5.91 Å². The Bertz CT molecular complexity index is 1420. The lowest BCUT2D eigenvalue weighted by atomic mass is 9.99. The molecule has 3 N–H and O–H groups in total. The van der Waals surface area contributed by atoms with E-state index in [1.54, 1.807) is 24.3 Å². The summed E-state index contributed by atoms with van der Waals surface area (Å²) in [5.41, 5.74) is 3.03. The van der Waals surface area contributed by atoms with Crippen molar-refractivity contribution in [1.82, 2.24) is 10.3 Å². The van der Waals surface area contributed by atoms with Crippen molar-refractivity contribution in [2.24, 2.45) is 5.90 Å². The molecule has 37 heavy (non-hydrogen) atoms. The molecule has 192 valence electrons. The first kappa shape index (κ1) is 26.1. The summed E-state index contributed by atoms with van der Waals surface area (Å²) in [4.78, 5) is 22.8. The Morgan fingerprint density at radius 3 is 2.57 bits per heavy atom. The Morgan fingerprint density at radius 1 is 1.05 bits per heavy atom. The lowest BCUT2D eigenvalue weighted by molar-refractivity contribution is -0.137. The highest BCUT2D eigenvalue weighted by molar-refractivity contribution is 6.08. The van der Waals surface area contributed by atoms with Crippen molar-refractivity contribution in [2.45, 2.75) is 32.5 Å². The maximum atomic E-state index is 13.6. The minimum Gasteiger partial charge on any atom is -0.455 e. The van der Waals surface area contributed by atoms with Gasteiger partial charge in [-0.15, -0.1) is 0 Å². The molecule has 1 aromatic heterocycles. The van der Waals surface area contributed by atoms with Crippen LogP contribution >= 0.6 is 0 Å². The van der Waals surface area contributed by atoms with E-state index in [9.17, 15) is 18.0 Å². The minimum absolute atomic E-state index is 0.0226. The number of ether oxygens (including phenoxy) is 1. The number of carbonyl (C=O) groups is 1. The summed E-state index contributed by atoms with van der Waals surface area (Å²) in [6.07, 6.45) is -2.75. The Labute approximate surface area is 212 Å². The number of aromatic nitrogens is 1. The molecule has 1 atom stereocenters. The monoisotopic (exact) mass is 509 g/mol. The largest absolute Gasteiger partial charge is 0.455 e. The Balaban J connectivity index is 1.68. The van der Waals surface area contributed by atoms with Gasteiger partial charge in [0.05, 0.1) is 35.5 Å². The zero-order valence-electron chi connectivity index (χ0n) is 20.3. The van der Waals surface area contributed by atoms with E-state index in [-0.39, 0.29) is 23.7 Å². The summed E-state index contributed by atoms with van der Waals surface area (Å²) in [5.74, 6) is 4.81. The second kappa shape index (κ2) is 11.0. The third kappa shape index (κ3) is 6.25. The average molecular weight is 510 g/mol. The second-order valence-electron chi connectivity index (χ2n) is 8.78. The highest BCUT2D eigenvalue weighted by Gasteiger charge is 2.31. The number of fused-ring (bicyclic) bond motifs is 1. The molecule has 0 radical (unpaired) electrons. The fraction of sp³-hybridized carbons (Fsp3) is 0.214. The molecule has 0 saturated carbocycles. The summed E-state index contributed by atoms with van der Waals surface area (Å²) in [6.45, 7) is 4.04. The van der Waals surface area contributed by atoms with Crippen LogP contribution in [0, 0.1) is 13.8 Å². The molecule has 0 saturated heterocycles. The van der Waals surface area contributed by atoms with Crippen molar-refractivity contribution in [3.63, 3.8) is 0 Å². The normalized spacial score (nSPS) is 12.4. The Morgan fingerprint density at radius 2 is 1.84 bits per heavy atom. The first-order chi connectivity index (χ1) is 17.7. The first-order valence-corrected chi connectivity index (χ1v) is 11.6. The van der Waals surface area contributed by atoms with Crippen LogP contribution in [0.15, 0.2) is 72.9 Å².